The molecular formula is C17H16N4O5. The van der Waals surface area contributed by atoms with E-state index in [0.29, 0.717) is 5.69 Å². The standard InChI is InChI=1S/C17H16N4O5/c18-14(22)8-9-20(12-5-2-1-3-6-12)15(23)11-21-17(24)26-16(19-21)13-7-4-10-25-13/h1-7,10H,8-9,11H2,(H2,18,22). The molecule has 0 atom stereocenters. The number of rotatable bonds is 7. The second kappa shape index (κ2) is 7.51. The lowest BCUT2D eigenvalue weighted by atomic mass is 10.2. The molecule has 134 valence electrons. The van der Waals surface area contributed by atoms with Gasteiger partial charge in [0, 0.05) is 18.7 Å². The highest BCUT2D eigenvalue weighted by atomic mass is 16.4. The monoisotopic (exact) mass is 356 g/mol. The maximum absolute atomic E-state index is 12.7. The first-order chi connectivity index (χ1) is 12.5. The van der Waals surface area contributed by atoms with Crippen LogP contribution in [0.15, 0.2) is 62.4 Å². The quantitative estimate of drug-likeness (QED) is 0.673. The minimum absolute atomic E-state index is 0.00794. The molecule has 9 heteroatoms. The molecule has 0 unspecified atom stereocenters. The van der Waals surface area contributed by atoms with E-state index in [0.717, 1.165) is 4.68 Å². The molecule has 3 rings (SSSR count). The van der Waals surface area contributed by atoms with Gasteiger partial charge in [0.05, 0.1) is 6.26 Å². The van der Waals surface area contributed by atoms with Crippen LogP contribution in [0.5, 0.6) is 0 Å². The zero-order chi connectivity index (χ0) is 18.5. The number of carbonyl (C=O) groups is 2. The molecule has 3 aromatic rings. The van der Waals surface area contributed by atoms with Crippen LogP contribution < -0.4 is 16.4 Å². The van der Waals surface area contributed by atoms with Crippen molar-refractivity contribution in [1.29, 1.82) is 0 Å². The number of hydrogen-bond acceptors (Lipinski definition) is 6. The number of furan rings is 1. The SMILES string of the molecule is NC(=O)CCN(C(=O)Cn1nc(-c2ccco2)oc1=O)c1ccccc1. The number of carbonyl (C=O) groups excluding carboxylic acids is 2. The summed E-state index contributed by atoms with van der Waals surface area (Å²) in [5.41, 5.74) is 5.77. The van der Waals surface area contributed by atoms with Crippen LogP contribution in [-0.2, 0) is 16.1 Å². The third kappa shape index (κ3) is 3.89. The Balaban J connectivity index is 1.81. The Kier molecular flexibility index (Phi) is 4.97. The predicted molar refractivity (Wildman–Crippen MR) is 91.1 cm³/mol. The first kappa shape index (κ1) is 17.2. The molecule has 0 aliphatic heterocycles. The third-order valence-electron chi connectivity index (χ3n) is 3.57. The van der Waals surface area contributed by atoms with Crippen LogP contribution in [0.2, 0.25) is 0 Å². The van der Waals surface area contributed by atoms with Gasteiger partial charge in [0.1, 0.15) is 6.54 Å². The molecule has 0 bridgehead atoms. The normalized spacial score (nSPS) is 10.6. The fraction of sp³-hybridized carbons (Fsp3) is 0.176. The van der Waals surface area contributed by atoms with Crippen LogP contribution in [0.1, 0.15) is 6.42 Å². The highest BCUT2D eigenvalue weighted by Gasteiger charge is 2.20. The summed E-state index contributed by atoms with van der Waals surface area (Å²) < 4.78 is 11.0. The molecule has 9 nitrogen and oxygen atoms in total. The Labute approximate surface area is 147 Å². The Morgan fingerprint density at radius 2 is 1.92 bits per heavy atom. The van der Waals surface area contributed by atoms with Gasteiger partial charge in [-0.1, -0.05) is 18.2 Å². The van der Waals surface area contributed by atoms with Gasteiger partial charge < -0.3 is 19.5 Å². The Morgan fingerprint density at radius 3 is 2.58 bits per heavy atom. The van der Waals surface area contributed by atoms with Crippen molar-refractivity contribution in [1.82, 2.24) is 9.78 Å². The second-order valence-corrected chi connectivity index (χ2v) is 5.41. The Bertz CT molecular complexity index is 943. The van der Waals surface area contributed by atoms with Gasteiger partial charge in [-0.25, -0.2) is 4.79 Å². The number of para-hydroxylation sites is 1. The molecule has 2 amide bonds. The number of hydrogen-bond donors (Lipinski definition) is 1. The summed E-state index contributed by atoms with van der Waals surface area (Å²) in [5, 5.41) is 3.97. The van der Waals surface area contributed by atoms with Crippen molar-refractivity contribution in [3.8, 4) is 11.7 Å². The second-order valence-electron chi connectivity index (χ2n) is 5.41. The maximum atomic E-state index is 12.7. The molecule has 0 fully saturated rings. The average Bonchev–Trinajstić information content (AvgIpc) is 3.26. The van der Waals surface area contributed by atoms with E-state index in [2.05, 4.69) is 5.10 Å². The smallest absolute Gasteiger partial charge is 0.437 e. The number of anilines is 1. The molecule has 0 radical (unpaired) electrons. The fourth-order valence-corrected chi connectivity index (χ4v) is 2.35. The van der Waals surface area contributed by atoms with E-state index in [1.807, 2.05) is 0 Å². The Morgan fingerprint density at radius 1 is 1.15 bits per heavy atom. The van der Waals surface area contributed by atoms with Crippen molar-refractivity contribution in [2.75, 3.05) is 11.4 Å². The molecular weight excluding hydrogens is 340 g/mol. The zero-order valence-corrected chi connectivity index (χ0v) is 13.7. The molecule has 26 heavy (non-hydrogen) atoms. The third-order valence-corrected chi connectivity index (χ3v) is 3.57. The predicted octanol–water partition coefficient (Wildman–Crippen LogP) is 1.00. The lowest BCUT2D eigenvalue weighted by Crippen LogP contribution is -2.38. The van der Waals surface area contributed by atoms with E-state index in [1.54, 1.807) is 42.5 Å². The summed E-state index contributed by atoms with van der Waals surface area (Å²) in [6.07, 6.45) is 1.41. The summed E-state index contributed by atoms with van der Waals surface area (Å²) >= 11 is 0. The van der Waals surface area contributed by atoms with Gasteiger partial charge in [-0.2, -0.15) is 4.68 Å². The van der Waals surface area contributed by atoms with Gasteiger partial charge in [0.25, 0.3) is 5.89 Å². The molecule has 0 saturated carbocycles. The largest absolute Gasteiger partial charge is 0.459 e. The summed E-state index contributed by atoms with van der Waals surface area (Å²) in [6, 6.07) is 12.0. The van der Waals surface area contributed by atoms with Crippen molar-refractivity contribution in [2.45, 2.75) is 13.0 Å². The highest BCUT2D eigenvalue weighted by molar-refractivity contribution is 5.93. The molecule has 1 aromatic carbocycles. The fourth-order valence-electron chi connectivity index (χ4n) is 2.35. The maximum Gasteiger partial charge on any atom is 0.437 e. The minimum atomic E-state index is -0.785. The molecule has 0 spiro atoms. The van der Waals surface area contributed by atoms with Crippen LogP contribution in [0.3, 0.4) is 0 Å². The number of benzene rings is 1. The van der Waals surface area contributed by atoms with Gasteiger partial charge in [0.2, 0.25) is 11.8 Å². The minimum Gasteiger partial charge on any atom is -0.459 e. The van der Waals surface area contributed by atoms with E-state index in [9.17, 15) is 14.4 Å². The summed E-state index contributed by atoms with van der Waals surface area (Å²) in [5.74, 6) is -1.48. The Hall–Kier alpha value is -3.62. The molecule has 0 aliphatic carbocycles. The number of primary amides is 1. The van der Waals surface area contributed by atoms with Crippen molar-refractivity contribution in [3.05, 3.63) is 59.3 Å². The first-order valence-corrected chi connectivity index (χ1v) is 7.80. The van der Waals surface area contributed by atoms with Crippen LogP contribution in [0.4, 0.5) is 5.69 Å². The van der Waals surface area contributed by atoms with E-state index in [-0.39, 0.29) is 31.2 Å². The number of nitrogens with zero attached hydrogens (tertiary/aromatic N) is 3. The lowest BCUT2D eigenvalue weighted by Gasteiger charge is -2.22. The molecule has 2 N–H and O–H groups in total. The van der Waals surface area contributed by atoms with E-state index in [1.165, 1.54) is 11.2 Å². The molecule has 2 aromatic heterocycles. The highest BCUT2D eigenvalue weighted by Crippen LogP contribution is 2.16. The zero-order valence-electron chi connectivity index (χ0n) is 13.7. The summed E-state index contributed by atoms with van der Waals surface area (Å²) in [6.45, 7) is -0.257. The van der Waals surface area contributed by atoms with Crippen molar-refractivity contribution >= 4 is 17.5 Å². The van der Waals surface area contributed by atoms with Crippen molar-refractivity contribution in [3.63, 3.8) is 0 Å². The van der Waals surface area contributed by atoms with E-state index in [4.69, 9.17) is 14.6 Å². The topological polar surface area (TPSA) is 125 Å². The first-order valence-electron chi connectivity index (χ1n) is 7.80. The van der Waals surface area contributed by atoms with Crippen LogP contribution >= 0.6 is 0 Å². The van der Waals surface area contributed by atoms with Crippen LogP contribution in [0.25, 0.3) is 11.7 Å². The van der Waals surface area contributed by atoms with Crippen molar-refractivity contribution < 1.29 is 18.4 Å². The average molecular weight is 356 g/mol. The van der Waals surface area contributed by atoms with Gasteiger partial charge in [-0.15, -0.1) is 5.10 Å². The summed E-state index contributed by atoms with van der Waals surface area (Å²) in [7, 11) is 0. The lowest BCUT2D eigenvalue weighted by molar-refractivity contribution is -0.119. The van der Waals surface area contributed by atoms with Crippen LogP contribution in [-0.4, -0.2) is 28.1 Å². The van der Waals surface area contributed by atoms with E-state index >= 15 is 0 Å². The molecule has 0 saturated heterocycles. The van der Waals surface area contributed by atoms with Gasteiger partial charge >= 0.3 is 5.76 Å². The number of nitrogens with two attached hydrogens (primary N) is 1. The molecule has 2 heterocycles. The molecule has 0 aliphatic rings. The van der Waals surface area contributed by atoms with E-state index < -0.39 is 17.6 Å². The van der Waals surface area contributed by atoms with Crippen molar-refractivity contribution in [2.24, 2.45) is 5.73 Å². The van der Waals surface area contributed by atoms with Gasteiger partial charge in [-0.3, -0.25) is 9.59 Å². The van der Waals surface area contributed by atoms with Gasteiger partial charge in [0.15, 0.2) is 5.76 Å². The number of amides is 2. The van der Waals surface area contributed by atoms with Crippen LogP contribution in [0, 0.1) is 0 Å². The summed E-state index contributed by atoms with van der Waals surface area (Å²) in [4.78, 5) is 37.1. The number of aromatic nitrogens is 2. The van der Waals surface area contributed by atoms with Gasteiger partial charge in [-0.05, 0) is 24.3 Å².